The number of piperidine rings is 1. The van der Waals surface area contributed by atoms with Crippen molar-refractivity contribution in [3.63, 3.8) is 0 Å². The fourth-order valence-electron chi connectivity index (χ4n) is 7.18. The monoisotopic (exact) mass is 741 g/mol. The highest BCUT2D eigenvalue weighted by atomic mass is 32.1. The summed E-state index contributed by atoms with van der Waals surface area (Å²) in [5.74, 6) is -1.27. The lowest BCUT2D eigenvalue weighted by Gasteiger charge is -2.41. The van der Waals surface area contributed by atoms with Crippen molar-refractivity contribution in [1.82, 2.24) is 29.7 Å². The van der Waals surface area contributed by atoms with Gasteiger partial charge < -0.3 is 24.6 Å². The number of halogens is 3. The molecule has 0 saturated carbocycles. The lowest BCUT2D eigenvalue weighted by atomic mass is 9.90. The van der Waals surface area contributed by atoms with Gasteiger partial charge in [-0.05, 0) is 55.5 Å². The molecule has 2 fully saturated rings. The number of likely N-dealkylation sites (tertiary alicyclic amines) is 1. The molecule has 16 heteroatoms. The molecular weight excluding hydrogens is 700 g/mol. The molecule has 5 heterocycles. The Bertz CT molecular complexity index is 2010. The van der Waals surface area contributed by atoms with Gasteiger partial charge in [0.15, 0.2) is 5.69 Å². The summed E-state index contributed by atoms with van der Waals surface area (Å²) in [6.07, 6.45) is -0.157. The van der Waals surface area contributed by atoms with Crippen LogP contribution in [0, 0.1) is 5.41 Å². The quantitative estimate of drug-likeness (QED) is 0.177. The van der Waals surface area contributed by atoms with Crippen molar-refractivity contribution in [2.24, 2.45) is 5.41 Å². The number of thiazole rings is 1. The Morgan fingerprint density at radius 1 is 1.08 bits per heavy atom. The summed E-state index contributed by atoms with van der Waals surface area (Å²) < 4.78 is 48.1. The number of hydrogen-bond acceptors (Lipinski definition) is 9. The Labute approximate surface area is 302 Å². The molecule has 1 aromatic carbocycles. The van der Waals surface area contributed by atoms with Crippen LogP contribution in [0.1, 0.15) is 55.7 Å². The van der Waals surface area contributed by atoms with Gasteiger partial charge in [-0.1, -0.05) is 19.9 Å². The van der Waals surface area contributed by atoms with Crippen LogP contribution in [0.5, 0.6) is 0 Å². The molecular formula is C36H42F3N7O5S. The fourth-order valence-corrected chi connectivity index (χ4v) is 8.04. The maximum atomic E-state index is 13.7. The number of ether oxygens (including phenoxy) is 1. The molecule has 3 aromatic heterocycles. The first-order valence-electron chi connectivity index (χ1n) is 17.3. The maximum absolute atomic E-state index is 13.7. The van der Waals surface area contributed by atoms with Crippen LogP contribution >= 0.6 is 11.3 Å². The van der Waals surface area contributed by atoms with Gasteiger partial charge in [-0.15, -0.1) is 11.3 Å². The molecule has 278 valence electrons. The van der Waals surface area contributed by atoms with Gasteiger partial charge in [-0.3, -0.25) is 15.0 Å². The van der Waals surface area contributed by atoms with Gasteiger partial charge in [-0.25, -0.2) is 19.6 Å². The molecule has 4 aromatic rings. The minimum atomic E-state index is -4.67. The molecule has 6 rings (SSSR count). The second-order valence-electron chi connectivity index (χ2n) is 14.0. The number of carbonyl (C=O) groups is 2. The van der Waals surface area contributed by atoms with Crippen LogP contribution in [0.3, 0.4) is 0 Å². The molecule has 52 heavy (non-hydrogen) atoms. The summed E-state index contributed by atoms with van der Waals surface area (Å²) in [7, 11) is 0. The molecule has 2 saturated heterocycles. The number of aromatic carboxylic acids is 1. The van der Waals surface area contributed by atoms with Crippen LogP contribution < -0.4 is 16.1 Å². The number of nitrogens with zero attached hydrogens (tertiary/aromatic N) is 5. The van der Waals surface area contributed by atoms with Crippen molar-refractivity contribution in [3.05, 3.63) is 63.5 Å². The number of hydrogen-bond donors (Lipinski definition) is 3. The number of carbonyl (C=O) groups excluding carboxylic acids is 1. The Hall–Kier alpha value is -4.38. The second-order valence-corrected chi connectivity index (χ2v) is 14.9. The van der Waals surface area contributed by atoms with Crippen molar-refractivity contribution in [2.45, 2.75) is 45.8 Å². The SMILES string of the molecule is CCNC(=O)Nc1cc(-c2nc(C(F)(F)F)cs2)c(-c2ccc3c(c2)c(=O)c(C(=O)O)cn3[C@H]2CCCN(CC(C)(C)CN3CCOCC3)C2)cn1. The van der Waals surface area contributed by atoms with Crippen molar-refractivity contribution < 1.29 is 32.6 Å². The number of rotatable bonds is 10. The van der Waals surface area contributed by atoms with Crippen molar-refractivity contribution in [1.29, 1.82) is 0 Å². The molecule has 0 bridgehead atoms. The Balaban J connectivity index is 1.37. The molecule has 12 nitrogen and oxygen atoms in total. The number of amides is 2. The number of carboxylic acids is 1. The first-order valence-corrected chi connectivity index (χ1v) is 18.1. The molecule has 0 radical (unpaired) electrons. The summed E-state index contributed by atoms with van der Waals surface area (Å²) in [6.45, 7) is 13.2. The van der Waals surface area contributed by atoms with E-state index in [0.29, 0.717) is 29.7 Å². The summed E-state index contributed by atoms with van der Waals surface area (Å²) in [5.41, 5.74) is -0.529. The van der Waals surface area contributed by atoms with Crippen molar-refractivity contribution >= 4 is 40.1 Å². The average molecular weight is 742 g/mol. The van der Waals surface area contributed by atoms with Gasteiger partial charge in [0.05, 0.1) is 18.7 Å². The molecule has 0 unspecified atom stereocenters. The largest absolute Gasteiger partial charge is 0.477 e. The first-order chi connectivity index (χ1) is 24.7. The van der Waals surface area contributed by atoms with E-state index in [4.69, 9.17) is 4.74 Å². The molecule has 2 aliphatic rings. The second kappa shape index (κ2) is 15.3. The standard InChI is InChI=1S/C36H42F3N7O5S/c1-4-40-34(50)43-30-15-24(32-42-29(19-52-32)36(37,38)39)26(16-41-30)22-7-8-28-25(14-22)31(47)27(33(48)49)18-46(28)23-6-5-9-45(17-23)21-35(2,3)20-44-10-12-51-13-11-44/h7-8,14-16,18-19,23H,4-6,9-13,17,20-21H2,1-3H3,(H,48,49)(H2,40,41,43,50)/t23-/m0/s1. The van der Waals surface area contributed by atoms with Gasteiger partial charge in [0.1, 0.15) is 16.4 Å². The highest BCUT2D eigenvalue weighted by molar-refractivity contribution is 7.13. The lowest BCUT2D eigenvalue weighted by Crippen LogP contribution is -2.48. The highest BCUT2D eigenvalue weighted by Crippen LogP contribution is 2.39. The highest BCUT2D eigenvalue weighted by Gasteiger charge is 2.34. The predicted molar refractivity (Wildman–Crippen MR) is 193 cm³/mol. The van der Waals surface area contributed by atoms with Gasteiger partial charge in [-0.2, -0.15) is 13.2 Å². The van der Waals surface area contributed by atoms with Gasteiger partial charge in [0.2, 0.25) is 5.43 Å². The Morgan fingerprint density at radius 3 is 2.52 bits per heavy atom. The molecule has 0 spiro atoms. The van der Waals surface area contributed by atoms with Crippen LogP contribution in [0.15, 0.2) is 46.8 Å². The molecule has 3 N–H and O–H groups in total. The van der Waals surface area contributed by atoms with E-state index in [-0.39, 0.29) is 38.8 Å². The van der Waals surface area contributed by atoms with E-state index in [0.717, 1.165) is 75.5 Å². The van der Waals surface area contributed by atoms with Crippen LogP contribution in [0.2, 0.25) is 0 Å². The maximum Gasteiger partial charge on any atom is 0.434 e. The molecule has 2 aliphatic heterocycles. The zero-order chi connectivity index (χ0) is 37.2. The third-order valence-corrected chi connectivity index (χ3v) is 10.2. The summed E-state index contributed by atoms with van der Waals surface area (Å²) in [4.78, 5) is 51.3. The van der Waals surface area contributed by atoms with Gasteiger partial charge >= 0.3 is 18.2 Å². The summed E-state index contributed by atoms with van der Waals surface area (Å²) >= 11 is 0.780. The van der Waals surface area contributed by atoms with Crippen LogP contribution in [-0.4, -0.2) is 100 Å². The number of morpholine rings is 1. The zero-order valence-corrected chi connectivity index (χ0v) is 30.1. The average Bonchev–Trinajstić information content (AvgIpc) is 3.60. The van der Waals surface area contributed by atoms with Gasteiger partial charge in [0.25, 0.3) is 0 Å². The van der Waals surface area contributed by atoms with E-state index in [9.17, 15) is 32.7 Å². The van der Waals surface area contributed by atoms with Crippen LogP contribution in [0.4, 0.5) is 23.8 Å². The lowest BCUT2D eigenvalue weighted by molar-refractivity contribution is -0.140. The number of alkyl halides is 3. The zero-order valence-electron chi connectivity index (χ0n) is 29.3. The van der Waals surface area contributed by atoms with E-state index in [2.05, 4.69) is 44.2 Å². The van der Waals surface area contributed by atoms with Gasteiger partial charge in [0, 0.05) is 79.6 Å². The normalized spacial score (nSPS) is 17.7. The minimum absolute atomic E-state index is 0.000857. The summed E-state index contributed by atoms with van der Waals surface area (Å²) in [5, 5.41) is 16.4. The topological polar surface area (TPSA) is 142 Å². The van der Waals surface area contributed by atoms with Crippen molar-refractivity contribution in [2.75, 3.05) is 64.3 Å². The smallest absolute Gasteiger partial charge is 0.434 e. The van der Waals surface area contributed by atoms with Crippen LogP contribution in [-0.2, 0) is 10.9 Å². The van der Waals surface area contributed by atoms with E-state index in [1.807, 2.05) is 4.57 Å². The van der Waals surface area contributed by atoms with E-state index < -0.39 is 29.3 Å². The van der Waals surface area contributed by atoms with Crippen LogP contribution in [0.25, 0.3) is 32.6 Å². The third kappa shape index (κ3) is 8.46. The van der Waals surface area contributed by atoms with E-state index in [1.165, 1.54) is 18.5 Å². The number of nitrogens with one attached hydrogen (secondary N) is 2. The number of anilines is 1. The first kappa shape index (κ1) is 37.4. The molecule has 0 aliphatic carbocycles. The Kier molecular flexibility index (Phi) is 11.0. The predicted octanol–water partition coefficient (Wildman–Crippen LogP) is 6.04. The Morgan fingerprint density at radius 2 is 1.83 bits per heavy atom. The number of urea groups is 1. The number of benzene rings is 1. The number of aromatic nitrogens is 3. The third-order valence-electron chi connectivity index (χ3n) is 9.36. The minimum Gasteiger partial charge on any atom is -0.477 e. The summed E-state index contributed by atoms with van der Waals surface area (Å²) in [6, 6.07) is 5.82. The fraction of sp³-hybridized carbons (Fsp3) is 0.472. The van der Waals surface area contributed by atoms with E-state index in [1.54, 1.807) is 25.1 Å². The molecule has 2 amide bonds. The van der Waals surface area contributed by atoms with E-state index >= 15 is 0 Å². The molecule has 1 atom stereocenters. The number of pyridine rings is 2. The van der Waals surface area contributed by atoms with Crippen molar-refractivity contribution in [3.8, 4) is 21.7 Å². The number of fused-ring (bicyclic) bond motifs is 1. The number of carboxylic acid groups (broad SMARTS) is 1.